The lowest BCUT2D eigenvalue weighted by atomic mass is 10.0. The van der Waals surface area contributed by atoms with Gasteiger partial charge >= 0.3 is 0 Å². The molecule has 0 aromatic heterocycles. The highest BCUT2D eigenvalue weighted by Gasteiger charge is 2.09. The smallest absolute Gasteiger partial charge is 0.271 e. The molecule has 5 heteroatoms. The summed E-state index contributed by atoms with van der Waals surface area (Å²) in [6, 6.07) is 18.8. The quantitative estimate of drug-likeness (QED) is 0.259. The third kappa shape index (κ3) is 5.81. The third-order valence-corrected chi connectivity index (χ3v) is 4.87. The number of rotatable bonds is 9. The van der Waals surface area contributed by atoms with E-state index in [-0.39, 0.29) is 5.91 Å². The maximum absolute atomic E-state index is 12.6. The van der Waals surface area contributed by atoms with Gasteiger partial charge in [0, 0.05) is 16.1 Å². The van der Waals surface area contributed by atoms with Crippen LogP contribution in [0.3, 0.4) is 0 Å². The number of fused-ring (bicyclic) bond motifs is 1. The van der Waals surface area contributed by atoms with E-state index in [1.165, 1.54) is 12.8 Å². The van der Waals surface area contributed by atoms with Crippen LogP contribution in [0, 0.1) is 0 Å². The molecule has 3 aromatic carbocycles. The summed E-state index contributed by atoms with van der Waals surface area (Å²) in [5.41, 5.74) is 3.91. The summed E-state index contributed by atoms with van der Waals surface area (Å²) in [6.07, 6.45) is 6.11. The molecule has 0 bridgehead atoms. The zero-order valence-corrected chi connectivity index (χ0v) is 17.3. The fourth-order valence-electron chi connectivity index (χ4n) is 3.11. The molecule has 0 fully saturated rings. The van der Waals surface area contributed by atoms with E-state index in [9.17, 15) is 4.79 Å². The molecule has 0 unspecified atom stereocenters. The molecule has 0 aliphatic rings. The lowest BCUT2D eigenvalue weighted by Crippen LogP contribution is -2.18. The average molecular weight is 409 g/mol. The summed E-state index contributed by atoms with van der Waals surface area (Å²) in [6.45, 7) is 2.83. The van der Waals surface area contributed by atoms with Crippen LogP contribution in [0.4, 0.5) is 0 Å². The molecule has 150 valence electrons. The highest BCUT2D eigenvalue weighted by atomic mass is 35.5. The van der Waals surface area contributed by atoms with Gasteiger partial charge in [-0.15, -0.1) is 0 Å². The number of nitrogens with zero attached hydrogens (tertiary/aromatic N) is 1. The predicted octanol–water partition coefficient (Wildman–Crippen LogP) is 6.22. The summed E-state index contributed by atoms with van der Waals surface area (Å²) >= 11 is 6.12. The molecule has 3 aromatic rings. The van der Waals surface area contributed by atoms with Gasteiger partial charge in [0.25, 0.3) is 5.91 Å². The first kappa shape index (κ1) is 20.9. The number of hydrogen-bond donors (Lipinski definition) is 1. The highest BCUT2D eigenvalue weighted by Crippen LogP contribution is 2.22. The lowest BCUT2D eigenvalue weighted by Gasteiger charge is -2.09. The Morgan fingerprint density at radius 2 is 1.90 bits per heavy atom. The Morgan fingerprint density at radius 3 is 2.76 bits per heavy atom. The van der Waals surface area contributed by atoms with Gasteiger partial charge < -0.3 is 4.74 Å². The van der Waals surface area contributed by atoms with E-state index >= 15 is 0 Å². The summed E-state index contributed by atoms with van der Waals surface area (Å²) < 4.78 is 5.88. The van der Waals surface area contributed by atoms with Gasteiger partial charge in [0.05, 0.1) is 12.8 Å². The predicted molar refractivity (Wildman–Crippen MR) is 120 cm³/mol. The van der Waals surface area contributed by atoms with Crippen molar-refractivity contribution < 1.29 is 9.53 Å². The SMILES string of the molecule is CCCCCCOc1ccc(Cl)cc1C=NNC(=O)c1cccc2ccccc12. The van der Waals surface area contributed by atoms with Gasteiger partial charge in [0.1, 0.15) is 5.75 Å². The van der Waals surface area contributed by atoms with Crippen LogP contribution in [0.2, 0.25) is 5.02 Å². The zero-order chi connectivity index (χ0) is 20.5. The zero-order valence-electron chi connectivity index (χ0n) is 16.5. The number of nitrogens with one attached hydrogen (secondary N) is 1. The van der Waals surface area contributed by atoms with Crippen molar-refractivity contribution in [1.29, 1.82) is 0 Å². The standard InChI is InChI=1S/C24H25ClN2O2/c1-2-3-4-7-15-29-23-14-13-20(25)16-19(23)17-26-27-24(28)22-12-8-10-18-9-5-6-11-21(18)22/h5-6,8-14,16-17H,2-4,7,15H2,1H3,(H,27,28). The Kier molecular flexibility index (Phi) is 7.65. The van der Waals surface area contributed by atoms with E-state index < -0.39 is 0 Å². The van der Waals surface area contributed by atoms with Crippen molar-refractivity contribution in [2.75, 3.05) is 6.61 Å². The molecule has 0 aliphatic carbocycles. The molecule has 0 radical (unpaired) electrons. The number of benzene rings is 3. The maximum Gasteiger partial charge on any atom is 0.271 e. The average Bonchev–Trinajstić information content (AvgIpc) is 2.74. The van der Waals surface area contributed by atoms with Crippen molar-refractivity contribution >= 4 is 34.5 Å². The molecule has 0 saturated carbocycles. The number of carbonyl (C=O) groups excluding carboxylic acids is 1. The van der Waals surface area contributed by atoms with Gasteiger partial charge in [-0.05, 0) is 41.5 Å². The molecular formula is C24H25ClN2O2. The molecule has 4 nitrogen and oxygen atoms in total. The maximum atomic E-state index is 12.6. The first-order valence-electron chi connectivity index (χ1n) is 9.92. The van der Waals surface area contributed by atoms with Gasteiger partial charge in [0.15, 0.2) is 0 Å². The summed E-state index contributed by atoms with van der Waals surface area (Å²) in [4.78, 5) is 12.6. The van der Waals surface area contributed by atoms with Crippen LogP contribution in [0.1, 0.15) is 48.5 Å². The molecule has 1 amide bonds. The van der Waals surface area contributed by atoms with Gasteiger partial charge in [-0.2, -0.15) is 5.10 Å². The molecule has 0 atom stereocenters. The Hall–Kier alpha value is -2.85. The van der Waals surface area contributed by atoms with Crippen LogP contribution in [-0.2, 0) is 0 Å². The van der Waals surface area contributed by atoms with Gasteiger partial charge in [0.2, 0.25) is 0 Å². The van der Waals surface area contributed by atoms with Gasteiger partial charge in [-0.1, -0.05) is 74.2 Å². The number of unbranched alkanes of at least 4 members (excludes halogenated alkanes) is 3. The fourth-order valence-corrected chi connectivity index (χ4v) is 3.29. The Balaban J connectivity index is 1.67. The monoisotopic (exact) mass is 408 g/mol. The third-order valence-electron chi connectivity index (χ3n) is 4.63. The van der Waals surface area contributed by atoms with E-state index in [1.807, 2.05) is 42.5 Å². The number of halogens is 1. The summed E-state index contributed by atoms with van der Waals surface area (Å²) in [7, 11) is 0. The molecule has 1 N–H and O–H groups in total. The second-order valence-corrected chi connectivity index (χ2v) is 7.25. The first-order valence-corrected chi connectivity index (χ1v) is 10.3. The van der Waals surface area contributed by atoms with Crippen molar-refractivity contribution in [3.63, 3.8) is 0 Å². The van der Waals surface area contributed by atoms with Crippen LogP contribution >= 0.6 is 11.6 Å². The molecule has 29 heavy (non-hydrogen) atoms. The van der Waals surface area contributed by atoms with Gasteiger partial charge in [-0.25, -0.2) is 5.43 Å². The first-order chi connectivity index (χ1) is 14.2. The highest BCUT2D eigenvalue weighted by molar-refractivity contribution is 6.30. The minimum atomic E-state index is -0.262. The molecule has 0 saturated heterocycles. The second kappa shape index (κ2) is 10.6. The van der Waals surface area contributed by atoms with Crippen LogP contribution in [0.5, 0.6) is 5.75 Å². The van der Waals surface area contributed by atoms with E-state index in [1.54, 1.807) is 24.4 Å². The number of amides is 1. The second-order valence-electron chi connectivity index (χ2n) is 6.82. The normalized spacial score (nSPS) is 11.1. The largest absolute Gasteiger partial charge is 0.493 e. The van der Waals surface area contributed by atoms with E-state index in [2.05, 4.69) is 17.5 Å². The van der Waals surface area contributed by atoms with E-state index in [4.69, 9.17) is 16.3 Å². The molecule has 0 aliphatic heterocycles. The summed E-state index contributed by atoms with van der Waals surface area (Å²) in [5.74, 6) is 0.441. The minimum absolute atomic E-state index is 0.262. The van der Waals surface area contributed by atoms with Crippen molar-refractivity contribution in [2.45, 2.75) is 32.6 Å². The Labute approximate surface area is 176 Å². The Bertz CT molecular complexity index is 996. The van der Waals surface area contributed by atoms with Crippen molar-refractivity contribution in [3.05, 3.63) is 76.8 Å². The van der Waals surface area contributed by atoms with E-state index in [0.717, 1.165) is 29.2 Å². The van der Waals surface area contributed by atoms with Crippen molar-refractivity contribution in [1.82, 2.24) is 5.43 Å². The number of hydrogen-bond acceptors (Lipinski definition) is 3. The topological polar surface area (TPSA) is 50.7 Å². The minimum Gasteiger partial charge on any atom is -0.493 e. The van der Waals surface area contributed by atoms with Crippen LogP contribution in [0.25, 0.3) is 10.8 Å². The molecule has 0 spiro atoms. The molecule has 3 rings (SSSR count). The fraction of sp³-hybridized carbons (Fsp3) is 0.250. The van der Waals surface area contributed by atoms with Crippen LogP contribution < -0.4 is 10.2 Å². The lowest BCUT2D eigenvalue weighted by molar-refractivity contribution is 0.0957. The summed E-state index contributed by atoms with van der Waals surface area (Å²) in [5, 5.41) is 6.61. The molecule has 0 heterocycles. The van der Waals surface area contributed by atoms with Crippen LogP contribution in [0.15, 0.2) is 65.8 Å². The van der Waals surface area contributed by atoms with Gasteiger partial charge in [-0.3, -0.25) is 4.79 Å². The number of carbonyl (C=O) groups is 1. The number of ether oxygens (including phenoxy) is 1. The van der Waals surface area contributed by atoms with Crippen molar-refractivity contribution in [3.8, 4) is 5.75 Å². The Morgan fingerprint density at radius 1 is 1.07 bits per heavy atom. The van der Waals surface area contributed by atoms with Crippen molar-refractivity contribution in [2.24, 2.45) is 5.10 Å². The molecular weight excluding hydrogens is 384 g/mol. The number of hydrazone groups is 1. The van der Waals surface area contributed by atoms with E-state index in [0.29, 0.717) is 22.9 Å². The van der Waals surface area contributed by atoms with Crippen LogP contribution in [-0.4, -0.2) is 18.7 Å².